The van der Waals surface area contributed by atoms with Crippen molar-refractivity contribution in [3.8, 4) is 5.75 Å². The van der Waals surface area contributed by atoms with Crippen LogP contribution in [0, 0.1) is 5.92 Å². The van der Waals surface area contributed by atoms with E-state index in [-0.39, 0.29) is 0 Å². The van der Waals surface area contributed by atoms with Crippen molar-refractivity contribution in [3.63, 3.8) is 0 Å². The molecule has 1 aliphatic rings. The molecule has 0 saturated heterocycles. The van der Waals surface area contributed by atoms with Crippen molar-refractivity contribution in [2.75, 3.05) is 13.7 Å². The molecule has 0 amide bonds. The lowest BCUT2D eigenvalue weighted by Gasteiger charge is -2.27. The number of methoxy groups -OCH3 is 1. The molecule has 20 heavy (non-hydrogen) atoms. The van der Waals surface area contributed by atoms with E-state index in [2.05, 4.69) is 30.4 Å². The molecule has 1 aliphatic carbocycles. The summed E-state index contributed by atoms with van der Waals surface area (Å²) in [6.07, 6.45) is 9.57. The molecule has 2 heteroatoms. The van der Waals surface area contributed by atoms with E-state index in [1.54, 1.807) is 7.11 Å². The highest BCUT2D eigenvalue weighted by atomic mass is 16.5. The monoisotopic (exact) mass is 275 g/mol. The average molecular weight is 275 g/mol. The van der Waals surface area contributed by atoms with Crippen molar-refractivity contribution < 1.29 is 4.74 Å². The normalized spacial score (nSPS) is 18.5. The lowest BCUT2D eigenvalue weighted by atomic mass is 9.87. The molecule has 112 valence electrons. The number of hydrogen-bond acceptors (Lipinski definition) is 2. The zero-order chi connectivity index (χ0) is 14.2. The van der Waals surface area contributed by atoms with Gasteiger partial charge in [0.25, 0.3) is 0 Å². The van der Waals surface area contributed by atoms with Crippen LogP contribution in [0.1, 0.15) is 51.0 Å². The first kappa shape index (κ1) is 15.4. The first-order valence-electron chi connectivity index (χ1n) is 8.19. The van der Waals surface area contributed by atoms with Gasteiger partial charge in [-0.15, -0.1) is 0 Å². The summed E-state index contributed by atoms with van der Waals surface area (Å²) in [4.78, 5) is 0. The molecule has 1 unspecified atom stereocenters. The van der Waals surface area contributed by atoms with Crippen LogP contribution in [-0.2, 0) is 6.42 Å². The van der Waals surface area contributed by atoms with E-state index in [0.717, 1.165) is 24.6 Å². The third-order valence-electron chi connectivity index (χ3n) is 4.52. The van der Waals surface area contributed by atoms with Gasteiger partial charge in [-0.25, -0.2) is 0 Å². The van der Waals surface area contributed by atoms with Crippen molar-refractivity contribution in [2.24, 2.45) is 5.92 Å². The highest BCUT2D eigenvalue weighted by Crippen LogP contribution is 2.27. The second kappa shape index (κ2) is 8.31. The van der Waals surface area contributed by atoms with Gasteiger partial charge in [0, 0.05) is 6.04 Å². The first-order chi connectivity index (χ1) is 9.83. The quantitative estimate of drug-likeness (QED) is 0.786. The number of benzene rings is 1. The van der Waals surface area contributed by atoms with Crippen LogP contribution in [0.15, 0.2) is 24.3 Å². The van der Waals surface area contributed by atoms with Gasteiger partial charge in [0.1, 0.15) is 5.75 Å². The van der Waals surface area contributed by atoms with Crippen molar-refractivity contribution >= 4 is 0 Å². The van der Waals surface area contributed by atoms with Gasteiger partial charge in [-0.05, 0) is 49.4 Å². The van der Waals surface area contributed by atoms with Gasteiger partial charge in [0.2, 0.25) is 0 Å². The molecule has 0 radical (unpaired) electrons. The number of hydrogen-bond donors (Lipinski definition) is 1. The summed E-state index contributed by atoms with van der Waals surface area (Å²) in [6, 6.07) is 9.15. The van der Waals surface area contributed by atoms with Crippen LogP contribution in [0.25, 0.3) is 0 Å². The van der Waals surface area contributed by atoms with E-state index < -0.39 is 0 Å². The summed E-state index contributed by atoms with van der Waals surface area (Å²) in [7, 11) is 1.74. The van der Waals surface area contributed by atoms with Gasteiger partial charge >= 0.3 is 0 Å². The van der Waals surface area contributed by atoms with Crippen LogP contribution < -0.4 is 10.1 Å². The fourth-order valence-corrected chi connectivity index (χ4v) is 3.43. The number of likely N-dealkylation sites (N-methyl/N-ethyl adjacent to an activating group) is 1. The minimum Gasteiger partial charge on any atom is -0.497 e. The van der Waals surface area contributed by atoms with Crippen molar-refractivity contribution in [2.45, 2.75) is 57.9 Å². The van der Waals surface area contributed by atoms with E-state index in [4.69, 9.17) is 4.74 Å². The van der Waals surface area contributed by atoms with Crippen LogP contribution in [0.2, 0.25) is 0 Å². The Balaban J connectivity index is 2.03. The fraction of sp³-hybridized carbons (Fsp3) is 0.667. The van der Waals surface area contributed by atoms with E-state index in [1.807, 2.05) is 6.07 Å². The van der Waals surface area contributed by atoms with Gasteiger partial charge < -0.3 is 10.1 Å². The molecule has 2 rings (SSSR count). The summed E-state index contributed by atoms with van der Waals surface area (Å²) in [5.41, 5.74) is 1.39. The zero-order valence-electron chi connectivity index (χ0n) is 13.0. The molecule has 1 saturated carbocycles. The van der Waals surface area contributed by atoms with E-state index in [9.17, 15) is 0 Å². The number of nitrogens with one attached hydrogen (secondary N) is 1. The number of ether oxygens (including phenoxy) is 1. The molecule has 1 atom stereocenters. The minimum absolute atomic E-state index is 0.616. The molecule has 0 aromatic heterocycles. The maximum atomic E-state index is 5.34. The first-order valence-corrected chi connectivity index (χ1v) is 8.19. The molecule has 1 aromatic carbocycles. The Bertz CT molecular complexity index is 383. The molecule has 0 heterocycles. The smallest absolute Gasteiger partial charge is 0.119 e. The Morgan fingerprint density at radius 1 is 1.20 bits per heavy atom. The Kier molecular flexibility index (Phi) is 6.38. The SMILES string of the molecule is CCNC(Cc1cccc(OC)c1)C1CCCCCC1. The molecule has 1 aromatic rings. The predicted octanol–water partition coefficient (Wildman–Crippen LogP) is 4.19. The second-order valence-corrected chi connectivity index (χ2v) is 5.97. The topological polar surface area (TPSA) is 21.3 Å². The molecule has 0 spiro atoms. The van der Waals surface area contributed by atoms with Gasteiger partial charge in [0.05, 0.1) is 7.11 Å². The maximum absolute atomic E-state index is 5.34. The third kappa shape index (κ3) is 4.52. The molecule has 1 fully saturated rings. The molecule has 2 nitrogen and oxygen atoms in total. The van der Waals surface area contributed by atoms with Gasteiger partial charge in [-0.1, -0.05) is 44.7 Å². The Labute approximate surface area is 123 Å². The largest absolute Gasteiger partial charge is 0.497 e. The number of rotatable bonds is 6. The van der Waals surface area contributed by atoms with E-state index in [0.29, 0.717) is 6.04 Å². The van der Waals surface area contributed by atoms with Gasteiger partial charge in [-0.3, -0.25) is 0 Å². The predicted molar refractivity (Wildman–Crippen MR) is 85.4 cm³/mol. The zero-order valence-corrected chi connectivity index (χ0v) is 13.0. The Morgan fingerprint density at radius 2 is 1.95 bits per heavy atom. The van der Waals surface area contributed by atoms with Crippen LogP contribution in [-0.4, -0.2) is 19.7 Å². The maximum Gasteiger partial charge on any atom is 0.119 e. The minimum atomic E-state index is 0.616. The van der Waals surface area contributed by atoms with Crippen LogP contribution >= 0.6 is 0 Å². The van der Waals surface area contributed by atoms with Crippen LogP contribution in [0.4, 0.5) is 0 Å². The van der Waals surface area contributed by atoms with Crippen LogP contribution in [0.3, 0.4) is 0 Å². The summed E-state index contributed by atoms with van der Waals surface area (Å²) in [5, 5.41) is 3.73. The lowest BCUT2D eigenvalue weighted by molar-refractivity contribution is 0.321. The van der Waals surface area contributed by atoms with Crippen molar-refractivity contribution in [1.29, 1.82) is 0 Å². The molecule has 0 aliphatic heterocycles. The van der Waals surface area contributed by atoms with Crippen LogP contribution in [0.5, 0.6) is 5.75 Å². The molecular formula is C18H29NO. The fourth-order valence-electron chi connectivity index (χ4n) is 3.43. The molecular weight excluding hydrogens is 246 g/mol. The summed E-state index contributed by atoms with van der Waals surface area (Å²) < 4.78 is 5.34. The second-order valence-electron chi connectivity index (χ2n) is 5.97. The van der Waals surface area contributed by atoms with Gasteiger partial charge in [-0.2, -0.15) is 0 Å². The molecule has 1 N–H and O–H groups in total. The lowest BCUT2D eigenvalue weighted by Crippen LogP contribution is -2.37. The van der Waals surface area contributed by atoms with E-state index >= 15 is 0 Å². The van der Waals surface area contributed by atoms with Crippen molar-refractivity contribution in [3.05, 3.63) is 29.8 Å². The average Bonchev–Trinajstić information content (AvgIpc) is 2.76. The Hall–Kier alpha value is -1.02. The summed E-state index contributed by atoms with van der Waals surface area (Å²) in [5.74, 6) is 1.81. The van der Waals surface area contributed by atoms with Gasteiger partial charge in [0.15, 0.2) is 0 Å². The highest BCUT2D eigenvalue weighted by molar-refractivity contribution is 5.29. The van der Waals surface area contributed by atoms with Crippen molar-refractivity contribution in [1.82, 2.24) is 5.32 Å². The van der Waals surface area contributed by atoms with E-state index in [1.165, 1.54) is 44.1 Å². The summed E-state index contributed by atoms with van der Waals surface area (Å²) >= 11 is 0. The molecule has 0 bridgehead atoms. The Morgan fingerprint density at radius 3 is 2.60 bits per heavy atom. The summed E-state index contributed by atoms with van der Waals surface area (Å²) in [6.45, 7) is 3.28. The highest BCUT2D eigenvalue weighted by Gasteiger charge is 2.22. The third-order valence-corrected chi connectivity index (χ3v) is 4.52. The standard InChI is InChI=1S/C18H29NO/c1-3-19-18(16-10-6-4-5-7-11-16)14-15-9-8-12-17(13-15)20-2/h8-9,12-13,16,18-19H,3-7,10-11,14H2,1-2H3.